The number of benzene rings is 1. The molecule has 1 aromatic carbocycles. The molecule has 1 aliphatic carbocycles. The Balaban J connectivity index is 0.00000167. The van der Waals surface area contributed by atoms with Crippen molar-refractivity contribution in [2.75, 3.05) is 30.7 Å². The number of rotatable bonds is 5. The maximum absolute atomic E-state index is 13.5. The highest BCUT2D eigenvalue weighted by Gasteiger charge is 2.37. The number of aryl methyl sites for hydroxylation is 1. The molecule has 2 fully saturated rings. The van der Waals surface area contributed by atoms with Crippen LogP contribution in [0.2, 0.25) is 0 Å². The Labute approximate surface area is 205 Å². The first-order chi connectivity index (χ1) is 16.9. The van der Waals surface area contributed by atoms with Crippen LogP contribution in [0.15, 0.2) is 36.5 Å². The molecule has 0 spiro atoms. The lowest BCUT2D eigenvalue weighted by Gasteiger charge is -2.41. The van der Waals surface area contributed by atoms with Crippen molar-refractivity contribution in [3.8, 4) is 0 Å². The van der Waals surface area contributed by atoms with Gasteiger partial charge in [0.25, 0.3) is 0 Å². The quantitative estimate of drug-likeness (QED) is 0.633. The van der Waals surface area contributed by atoms with Crippen molar-refractivity contribution in [1.29, 1.82) is 0 Å². The van der Waals surface area contributed by atoms with E-state index in [1.807, 2.05) is 20.8 Å². The van der Waals surface area contributed by atoms with Crippen molar-refractivity contribution in [1.82, 2.24) is 14.8 Å². The lowest BCUT2D eigenvalue weighted by Crippen LogP contribution is -2.54. The molecule has 0 radical (unpaired) electrons. The molecular weight excluding hydrogens is 449 g/mol. The van der Waals surface area contributed by atoms with Gasteiger partial charge in [-0.1, -0.05) is 32.9 Å². The molecular formula is C26H34FN5O3. The molecule has 3 amide bonds. The van der Waals surface area contributed by atoms with Crippen molar-refractivity contribution in [3.63, 3.8) is 0 Å². The van der Waals surface area contributed by atoms with Crippen molar-refractivity contribution in [2.45, 2.75) is 52.5 Å². The minimum atomic E-state index is -0.798. The largest absolute Gasteiger partial charge is 0.383 e. The Morgan fingerprint density at radius 2 is 1.83 bits per heavy atom. The third-order valence-corrected chi connectivity index (χ3v) is 6.24. The van der Waals surface area contributed by atoms with Gasteiger partial charge in [-0.05, 0) is 54.5 Å². The van der Waals surface area contributed by atoms with Crippen molar-refractivity contribution in [2.24, 2.45) is 5.92 Å². The number of pyridine rings is 1. The van der Waals surface area contributed by atoms with E-state index in [-0.39, 0.29) is 19.0 Å². The summed E-state index contributed by atoms with van der Waals surface area (Å²) >= 11 is 0. The summed E-state index contributed by atoms with van der Waals surface area (Å²) in [6.45, 7) is 6.75. The van der Waals surface area contributed by atoms with Gasteiger partial charge in [-0.25, -0.2) is 9.37 Å². The highest BCUT2D eigenvalue weighted by Crippen LogP contribution is 2.34. The molecule has 9 heteroatoms. The van der Waals surface area contributed by atoms with E-state index < -0.39 is 23.7 Å². The standard InChI is InChI=1S/C24H28FN5O3.C2H6/c1-2-16-12-19(13-27-22(16)26)28-23(32)24(33)30-10-9-29(21(31)11-15-3-4-15)14-20(30)17-5-7-18(25)8-6-17;1-2/h5-8,12-13,15,20H,2-4,9-11,14H2,1H3,(H2,26,27)(H,28,32);1-2H3. The van der Waals surface area contributed by atoms with Gasteiger partial charge in [0.05, 0.1) is 17.9 Å². The number of nitrogens with one attached hydrogen (secondary N) is 1. The fourth-order valence-electron chi connectivity index (χ4n) is 4.11. The Morgan fingerprint density at radius 1 is 1.14 bits per heavy atom. The maximum Gasteiger partial charge on any atom is 0.313 e. The maximum atomic E-state index is 13.5. The summed E-state index contributed by atoms with van der Waals surface area (Å²) in [7, 11) is 0. The molecule has 2 aliphatic rings. The number of carbonyl (C=O) groups excluding carboxylic acids is 3. The molecule has 8 nitrogen and oxygen atoms in total. The van der Waals surface area contributed by atoms with Crippen molar-refractivity contribution < 1.29 is 18.8 Å². The first-order valence-electron chi connectivity index (χ1n) is 12.2. The van der Waals surface area contributed by atoms with E-state index >= 15 is 0 Å². The van der Waals surface area contributed by atoms with E-state index in [1.54, 1.807) is 23.1 Å². The second-order valence-electron chi connectivity index (χ2n) is 8.63. The molecule has 0 bridgehead atoms. The van der Waals surface area contributed by atoms with Crippen LogP contribution in [0.5, 0.6) is 0 Å². The Hall–Kier alpha value is -3.49. The zero-order valence-corrected chi connectivity index (χ0v) is 20.6. The average Bonchev–Trinajstić information content (AvgIpc) is 3.70. The number of piperazine rings is 1. The van der Waals surface area contributed by atoms with Crippen LogP contribution in [0, 0.1) is 11.7 Å². The topological polar surface area (TPSA) is 109 Å². The van der Waals surface area contributed by atoms with Gasteiger partial charge in [0, 0.05) is 26.1 Å². The zero-order chi connectivity index (χ0) is 25.5. The number of anilines is 2. The number of carbonyl (C=O) groups is 3. The summed E-state index contributed by atoms with van der Waals surface area (Å²) < 4.78 is 13.5. The van der Waals surface area contributed by atoms with E-state index in [9.17, 15) is 18.8 Å². The van der Waals surface area contributed by atoms with Crippen molar-refractivity contribution >= 4 is 29.2 Å². The van der Waals surface area contributed by atoms with Gasteiger partial charge >= 0.3 is 11.8 Å². The molecule has 2 aromatic rings. The number of hydrogen-bond acceptors (Lipinski definition) is 5. The number of aromatic nitrogens is 1. The normalized spacial score (nSPS) is 17.3. The van der Waals surface area contributed by atoms with E-state index in [0.29, 0.717) is 42.4 Å². The first-order valence-corrected chi connectivity index (χ1v) is 12.2. The Morgan fingerprint density at radius 3 is 2.46 bits per heavy atom. The average molecular weight is 484 g/mol. The van der Waals surface area contributed by atoms with Crippen LogP contribution in [0.4, 0.5) is 15.9 Å². The third-order valence-electron chi connectivity index (χ3n) is 6.24. The smallest absolute Gasteiger partial charge is 0.313 e. The molecule has 1 saturated carbocycles. The zero-order valence-electron chi connectivity index (χ0n) is 20.6. The van der Waals surface area contributed by atoms with Crippen LogP contribution < -0.4 is 11.1 Å². The van der Waals surface area contributed by atoms with Gasteiger partial charge in [0.15, 0.2) is 0 Å². The summed E-state index contributed by atoms with van der Waals surface area (Å²) in [5, 5.41) is 2.60. The number of nitrogen functional groups attached to an aromatic ring is 1. The molecule has 4 rings (SSSR count). The molecule has 1 unspecified atom stereocenters. The van der Waals surface area contributed by atoms with Crippen LogP contribution >= 0.6 is 0 Å². The second-order valence-corrected chi connectivity index (χ2v) is 8.63. The number of nitrogens with zero attached hydrogens (tertiary/aromatic N) is 3. The predicted octanol–water partition coefficient (Wildman–Crippen LogP) is 3.54. The van der Waals surface area contributed by atoms with Gasteiger partial charge in [-0.2, -0.15) is 0 Å². The van der Waals surface area contributed by atoms with E-state index in [0.717, 1.165) is 18.4 Å². The molecule has 35 heavy (non-hydrogen) atoms. The van der Waals surface area contributed by atoms with Gasteiger partial charge in [0.1, 0.15) is 11.6 Å². The number of halogens is 1. The lowest BCUT2D eigenvalue weighted by atomic mass is 10.0. The molecule has 188 valence electrons. The summed E-state index contributed by atoms with van der Waals surface area (Å²) in [6, 6.07) is 6.95. The number of amides is 3. The third kappa shape index (κ3) is 6.55. The second kappa shape index (κ2) is 11.8. The summed E-state index contributed by atoms with van der Waals surface area (Å²) in [4.78, 5) is 45.9. The van der Waals surface area contributed by atoms with Gasteiger partial charge < -0.3 is 20.9 Å². The van der Waals surface area contributed by atoms with Crippen LogP contribution in [0.1, 0.15) is 57.2 Å². The van der Waals surface area contributed by atoms with Gasteiger partial charge in [-0.15, -0.1) is 0 Å². The highest BCUT2D eigenvalue weighted by atomic mass is 19.1. The number of hydrogen-bond donors (Lipinski definition) is 2. The summed E-state index contributed by atoms with van der Waals surface area (Å²) in [6.07, 6.45) is 4.71. The SMILES string of the molecule is CC.CCc1cc(NC(=O)C(=O)N2CCN(C(=O)CC3CC3)CC2c2ccc(F)cc2)cnc1N. The molecule has 1 saturated heterocycles. The molecule has 1 aromatic heterocycles. The monoisotopic (exact) mass is 483 g/mol. The van der Waals surface area contributed by atoms with E-state index in [1.165, 1.54) is 23.2 Å². The molecule has 3 N–H and O–H groups in total. The molecule has 1 atom stereocenters. The summed E-state index contributed by atoms with van der Waals surface area (Å²) in [5.74, 6) is -1.02. The van der Waals surface area contributed by atoms with Gasteiger partial charge in [0.2, 0.25) is 5.91 Å². The minimum absolute atomic E-state index is 0.0567. The Bertz CT molecular complexity index is 1060. The fourth-order valence-corrected chi connectivity index (χ4v) is 4.11. The van der Waals surface area contributed by atoms with Crippen LogP contribution in [-0.4, -0.2) is 52.1 Å². The predicted molar refractivity (Wildman–Crippen MR) is 133 cm³/mol. The van der Waals surface area contributed by atoms with Crippen LogP contribution in [0.3, 0.4) is 0 Å². The summed E-state index contributed by atoms with van der Waals surface area (Å²) in [5.41, 5.74) is 7.64. The fraction of sp³-hybridized carbons (Fsp3) is 0.462. The minimum Gasteiger partial charge on any atom is -0.383 e. The van der Waals surface area contributed by atoms with E-state index in [4.69, 9.17) is 5.73 Å². The van der Waals surface area contributed by atoms with E-state index in [2.05, 4.69) is 10.3 Å². The van der Waals surface area contributed by atoms with Crippen molar-refractivity contribution in [3.05, 3.63) is 53.5 Å². The number of nitrogens with two attached hydrogens (primary N) is 1. The van der Waals surface area contributed by atoms with Crippen LogP contribution in [-0.2, 0) is 20.8 Å². The first kappa shape index (κ1) is 26.1. The lowest BCUT2D eigenvalue weighted by molar-refractivity contribution is -0.149. The molecule has 1 aliphatic heterocycles. The Kier molecular flexibility index (Phi) is 8.78. The van der Waals surface area contributed by atoms with Gasteiger partial charge in [-0.3, -0.25) is 14.4 Å². The van der Waals surface area contributed by atoms with Crippen LogP contribution in [0.25, 0.3) is 0 Å². The molecule has 2 heterocycles. The highest BCUT2D eigenvalue weighted by molar-refractivity contribution is 6.39.